The number of unbranched alkanes of at least 4 members (excludes halogenated alkanes) is 2. The standard InChI is InChI=1S/C77H66/c1-7-9-15-45-75(46-16-10-8-2)71-47-55(57-31-43-67-63-17-11-13-19-69(63)76(73(67)49-57,59-33-21-51(3)22-34-59)60-35-23-52(4)24-36-60)29-41-65(71)66-42-30-56(48-72(66)75)58-32-44-68-64-18-12-14-20-70(64)77(74(68)50-58,61-37-25-53(5)26-38-61)62-39-27-54(6)28-40-62/h7-8,11-14,17-44,47-50H,1-2,9-10,15-16,45-46H2,3-6H3. The molecule has 0 bridgehead atoms. The van der Waals surface area contributed by atoms with Crippen LogP contribution in [0.25, 0.3) is 55.6 Å². The van der Waals surface area contributed by atoms with Gasteiger partial charge in [-0.15, -0.1) is 13.2 Å². The third kappa shape index (κ3) is 7.47. The van der Waals surface area contributed by atoms with Gasteiger partial charge in [-0.05, 0) is 202 Å². The molecule has 0 nitrogen and oxygen atoms in total. The molecule has 0 saturated carbocycles. The van der Waals surface area contributed by atoms with Crippen LogP contribution in [0.1, 0.15) is 116 Å². The molecule has 0 N–H and O–H groups in total. The largest absolute Gasteiger partial charge is 0.103 e. The van der Waals surface area contributed by atoms with E-state index in [0.717, 1.165) is 38.5 Å². The summed E-state index contributed by atoms with van der Waals surface area (Å²) in [7, 11) is 0. The van der Waals surface area contributed by atoms with Gasteiger partial charge in [0.1, 0.15) is 0 Å². The molecule has 0 spiro atoms. The normalized spacial score (nSPS) is 14.4. The maximum Gasteiger partial charge on any atom is 0.0713 e. The fourth-order valence-electron chi connectivity index (χ4n) is 14.3. The van der Waals surface area contributed by atoms with Crippen molar-refractivity contribution in [3.05, 3.63) is 322 Å². The topological polar surface area (TPSA) is 0 Å². The summed E-state index contributed by atoms with van der Waals surface area (Å²) in [4.78, 5) is 0. The Kier molecular flexibility index (Phi) is 12.0. The average molecular weight is 991 g/mol. The third-order valence-electron chi connectivity index (χ3n) is 18.1. The summed E-state index contributed by atoms with van der Waals surface area (Å²) >= 11 is 0. The van der Waals surface area contributed by atoms with E-state index in [4.69, 9.17) is 0 Å². The van der Waals surface area contributed by atoms with Gasteiger partial charge in [-0.3, -0.25) is 0 Å². The van der Waals surface area contributed by atoms with Crippen LogP contribution in [0.15, 0.2) is 244 Å². The van der Waals surface area contributed by atoms with Crippen LogP contribution in [0.3, 0.4) is 0 Å². The molecule has 374 valence electrons. The minimum Gasteiger partial charge on any atom is -0.103 e. The summed E-state index contributed by atoms with van der Waals surface area (Å²) in [6, 6.07) is 84.9. The summed E-state index contributed by atoms with van der Waals surface area (Å²) in [5, 5.41) is 0. The predicted molar refractivity (Wildman–Crippen MR) is 325 cm³/mol. The Morgan fingerprint density at radius 2 is 0.571 bits per heavy atom. The molecular formula is C77H66. The first kappa shape index (κ1) is 48.3. The Morgan fingerprint density at radius 1 is 0.299 bits per heavy atom. The van der Waals surface area contributed by atoms with Gasteiger partial charge in [-0.25, -0.2) is 0 Å². The van der Waals surface area contributed by atoms with E-state index in [1.54, 1.807) is 0 Å². The molecule has 0 atom stereocenters. The minimum atomic E-state index is -0.480. The highest BCUT2D eigenvalue weighted by Gasteiger charge is 2.48. The molecule has 0 radical (unpaired) electrons. The molecule has 3 aliphatic rings. The zero-order valence-electron chi connectivity index (χ0n) is 45.1. The van der Waals surface area contributed by atoms with E-state index in [2.05, 4.69) is 271 Å². The first-order valence-electron chi connectivity index (χ1n) is 28.0. The SMILES string of the molecule is C=CCCCC1(CCCC=C)c2cc(-c3ccc4c(c3)C(c3ccc(C)cc3)(c3ccc(C)cc3)c3ccccc3-4)ccc2-c2ccc(-c3ccc4c(c3)C(c3ccc(C)cc3)(c3ccc(C)cc3)c3ccccc3-4)cc21. The Balaban J connectivity index is 0.979. The molecule has 0 heterocycles. The highest BCUT2D eigenvalue weighted by Crippen LogP contribution is 2.60. The van der Waals surface area contributed by atoms with Crippen molar-refractivity contribution in [2.45, 2.75) is 82.5 Å². The average Bonchev–Trinajstić information content (AvgIpc) is 4.28. The van der Waals surface area contributed by atoms with Gasteiger partial charge in [0.25, 0.3) is 0 Å². The first-order valence-corrected chi connectivity index (χ1v) is 28.0. The van der Waals surface area contributed by atoms with Crippen molar-refractivity contribution in [2.24, 2.45) is 0 Å². The number of benzene rings is 10. The summed E-state index contributed by atoms with van der Waals surface area (Å²) < 4.78 is 0. The van der Waals surface area contributed by atoms with Crippen LogP contribution in [0.4, 0.5) is 0 Å². The molecule has 0 unspecified atom stereocenters. The van der Waals surface area contributed by atoms with Gasteiger partial charge in [0.15, 0.2) is 0 Å². The maximum absolute atomic E-state index is 4.22. The minimum absolute atomic E-state index is 0.205. The first-order chi connectivity index (χ1) is 37.7. The van der Waals surface area contributed by atoms with Gasteiger partial charge < -0.3 is 0 Å². The lowest BCUT2D eigenvalue weighted by atomic mass is 9.67. The molecule has 0 aliphatic heterocycles. The van der Waals surface area contributed by atoms with Crippen molar-refractivity contribution in [2.75, 3.05) is 0 Å². The Bertz CT molecular complexity index is 3560. The molecular weight excluding hydrogens is 925 g/mol. The van der Waals surface area contributed by atoms with E-state index in [1.165, 1.54) is 134 Å². The van der Waals surface area contributed by atoms with E-state index in [1.807, 2.05) is 0 Å². The van der Waals surface area contributed by atoms with Gasteiger partial charge in [0.2, 0.25) is 0 Å². The van der Waals surface area contributed by atoms with Gasteiger partial charge >= 0.3 is 0 Å². The molecule has 0 aromatic heterocycles. The van der Waals surface area contributed by atoms with E-state index in [-0.39, 0.29) is 5.41 Å². The van der Waals surface area contributed by atoms with Crippen molar-refractivity contribution in [3.8, 4) is 55.6 Å². The number of aryl methyl sites for hydroxylation is 4. The van der Waals surface area contributed by atoms with Crippen LogP contribution in [-0.2, 0) is 16.2 Å². The van der Waals surface area contributed by atoms with Crippen molar-refractivity contribution >= 4 is 0 Å². The lowest BCUT2D eigenvalue weighted by Crippen LogP contribution is -2.28. The number of hydrogen-bond donors (Lipinski definition) is 0. The van der Waals surface area contributed by atoms with Crippen LogP contribution < -0.4 is 0 Å². The second-order valence-corrected chi connectivity index (χ2v) is 22.5. The Morgan fingerprint density at radius 3 is 0.883 bits per heavy atom. The third-order valence-corrected chi connectivity index (χ3v) is 18.1. The zero-order valence-corrected chi connectivity index (χ0v) is 45.1. The van der Waals surface area contributed by atoms with Crippen molar-refractivity contribution in [3.63, 3.8) is 0 Å². The molecule has 77 heavy (non-hydrogen) atoms. The molecule has 10 aromatic rings. The van der Waals surface area contributed by atoms with Gasteiger partial charge in [0, 0.05) is 5.41 Å². The lowest BCUT2D eigenvalue weighted by Gasteiger charge is -2.34. The molecule has 0 saturated heterocycles. The number of hydrogen-bond acceptors (Lipinski definition) is 0. The fraction of sp³-hybridized carbons (Fsp3) is 0.169. The highest BCUT2D eigenvalue weighted by atomic mass is 14.5. The number of fused-ring (bicyclic) bond motifs is 9. The van der Waals surface area contributed by atoms with Crippen LogP contribution in [0.2, 0.25) is 0 Å². The lowest BCUT2D eigenvalue weighted by molar-refractivity contribution is 0.422. The van der Waals surface area contributed by atoms with E-state index < -0.39 is 10.8 Å². The molecule has 13 rings (SSSR count). The Labute approximate surface area is 457 Å². The zero-order chi connectivity index (χ0) is 52.5. The second kappa shape index (κ2) is 19.1. The maximum atomic E-state index is 4.22. The van der Waals surface area contributed by atoms with Crippen molar-refractivity contribution in [1.82, 2.24) is 0 Å². The predicted octanol–water partition coefficient (Wildman–Crippen LogP) is 20.0. The smallest absolute Gasteiger partial charge is 0.0713 e. The van der Waals surface area contributed by atoms with Crippen LogP contribution in [-0.4, -0.2) is 0 Å². The second-order valence-electron chi connectivity index (χ2n) is 22.5. The monoisotopic (exact) mass is 991 g/mol. The molecule has 0 amide bonds. The van der Waals surface area contributed by atoms with E-state index in [0.29, 0.717) is 0 Å². The van der Waals surface area contributed by atoms with Crippen molar-refractivity contribution in [1.29, 1.82) is 0 Å². The number of allylic oxidation sites excluding steroid dienone is 2. The summed E-state index contributed by atoms with van der Waals surface area (Å²) in [6.45, 7) is 17.2. The van der Waals surface area contributed by atoms with Gasteiger partial charge in [-0.1, -0.05) is 229 Å². The van der Waals surface area contributed by atoms with E-state index in [9.17, 15) is 0 Å². The van der Waals surface area contributed by atoms with Gasteiger partial charge in [-0.2, -0.15) is 0 Å². The molecule has 3 aliphatic carbocycles. The fourth-order valence-corrected chi connectivity index (χ4v) is 14.3. The van der Waals surface area contributed by atoms with Gasteiger partial charge in [0.05, 0.1) is 10.8 Å². The summed E-state index contributed by atoms with van der Waals surface area (Å²) in [6.07, 6.45) is 10.4. The quantitative estimate of drug-likeness (QED) is 0.0752. The van der Waals surface area contributed by atoms with Crippen LogP contribution in [0.5, 0.6) is 0 Å². The number of rotatable bonds is 14. The molecule has 10 aromatic carbocycles. The van der Waals surface area contributed by atoms with Crippen LogP contribution in [0, 0.1) is 27.7 Å². The summed E-state index contributed by atoms with van der Waals surface area (Å²) in [5.41, 5.74) is 30.3. The van der Waals surface area contributed by atoms with Crippen LogP contribution >= 0.6 is 0 Å². The molecule has 0 fully saturated rings. The van der Waals surface area contributed by atoms with E-state index >= 15 is 0 Å². The highest BCUT2D eigenvalue weighted by molar-refractivity contribution is 5.92. The molecule has 0 heteroatoms. The van der Waals surface area contributed by atoms with Crippen molar-refractivity contribution < 1.29 is 0 Å². The summed E-state index contributed by atoms with van der Waals surface area (Å²) in [5.74, 6) is 0. The Hall–Kier alpha value is -8.32.